The van der Waals surface area contributed by atoms with Crippen molar-refractivity contribution in [1.82, 2.24) is 4.98 Å². The van der Waals surface area contributed by atoms with Gasteiger partial charge in [0.15, 0.2) is 15.0 Å². The third-order valence-corrected chi connectivity index (χ3v) is 7.54. The Morgan fingerprint density at radius 2 is 1.83 bits per heavy atom. The summed E-state index contributed by atoms with van der Waals surface area (Å²) in [6.07, 6.45) is 1.69. The van der Waals surface area contributed by atoms with Crippen LogP contribution in [0.5, 0.6) is 0 Å². The van der Waals surface area contributed by atoms with Crippen molar-refractivity contribution >= 4 is 43.8 Å². The standard InChI is InChI=1S/C16H19ClN2O3S2/c1-10(2)13-9-18-15(23-13)19-14(20)16(3,4)24(21,22)12-7-5-11(17)6-8-12/h5-10H,1-4H3,(H,18,19,20). The van der Waals surface area contributed by atoms with Crippen LogP contribution in [0.3, 0.4) is 0 Å². The third-order valence-electron chi connectivity index (χ3n) is 3.66. The summed E-state index contributed by atoms with van der Waals surface area (Å²) in [5, 5.41) is 3.43. The number of carbonyl (C=O) groups excluding carboxylic acids is 1. The molecule has 0 aliphatic rings. The van der Waals surface area contributed by atoms with Crippen LogP contribution in [-0.4, -0.2) is 24.1 Å². The molecular weight excluding hydrogens is 368 g/mol. The van der Waals surface area contributed by atoms with Crippen LogP contribution in [-0.2, 0) is 14.6 Å². The van der Waals surface area contributed by atoms with Crippen molar-refractivity contribution in [2.75, 3.05) is 5.32 Å². The molecule has 2 aromatic rings. The molecule has 8 heteroatoms. The summed E-state index contributed by atoms with van der Waals surface area (Å²) in [4.78, 5) is 17.7. The molecule has 0 saturated carbocycles. The van der Waals surface area contributed by atoms with E-state index in [1.54, 1.807) is 6.20 Å². The lowest BCUT2D eigenvalue weighted by Crippen LogP contribution is -2.44. The van der Waals surface area contributed by atoms with Gasteiger partial charge in [-0.15, -0.1) is 11.3 Å². The van der Waals surface area contributed by atoms with E-state index in [0.29, 0.717) is 16.1 Å². The Hall–Kier alpha value is -1.44. The highest BCUT2D eigenvalue weighted by Gasteiger charge is 2.43. The Morgan fingerprint density at radius 3 is 2.33 bits per heavy atom. The van der Waals surface area contributed by atoms with Crippen molar-refractivity contribution in [2.45, 2.75) is 43.3 Å². The van der Waals surface area contributed by atoms with Crippen molar-refractivity contribution in [3.8, 4) is 0 Å². The number of amides is 1. The van der Waals surface area contributed by atoms with Gasteiger partial charge < -0.3 is 5.32 Å². The Labute approximate surface area is 151 Å². The van der Waals surface area contributed by atoms with Crippen LogP contribution in [0.4, 0.5) is 5.13 Å². The maximum Gasteiger partial charge on any atom is 0.247 e. The van der Waals surface area contributed by atoms with Gasteiger partial charge in [-0.25, -0.2) is 13.4 Å². The lowest BCUT2D eigenvalue weighted by molar-refractivity contribution is -0.117. The average Bonchev–Trinajstić information content (AvgIpc) is 2.96. The van der Waals surface area contributed by atoms with E-state index >= 15 is 0 Å². The van der Waals surface area contributed by atoms with E-state index in [0.717, 1.165) is 4.88 Å². The van der Waals surface area contributed by atoms with Crippen LogP contribution in [0.15, 0.2) is 35.4 Å². The fourth-order valence-electron chi connectivity index (χ4n) is 1.89. The lowest BCUT2D eigenvalue weighted by Gasteiger charge is -2.23. The number of anilines is 1. The van der Waals surface area contributed by atoms with Crippen LogP contribution in [0, 0.1) is 0 Å². The van der Waals surface area contributed by atoms with E-state index in [4.69, 9.17) is 11.6 Å². The zero-order valence-corrected chi connectivity index (χ0v) is 16.2. The summed E-state index contributed by atoms with van der Waals surface area (Å²) in [6, 6.07) is 5.76. The monoisotopic (exact) mass is 386 g/mol. The van der Waals surface area contributed by atoms with Crippen molar-refractivity contribution in [2.24, 2.45) is 0 Å². The smallest absolute Gasteiger partial charge is 0.247 e. The summed E-state index contributed by atoms with van der Waals surface area (Å²) in [5.41, 5.74) is 0. The number of nitrogens with zero attached hydrogens (tertiary/aromatic N) is 1. The summed E-state index contributed by atoms with van der Waals surface area (Å²) < 4.78 is 23.9. The summed E-state index contributed by atoms with van der Waals surface area (Å²) >= 11 is 7.13. The molecule has 0 unspecified atom stereocenters. The normalized spacial score (nSPS) is 12.4. The minimum atomic E-state index is -3.88. The predicted octanol–water partition coefficient (Wildman–Crippen LogP) is 4.11. The maximum absolute atomic E-state index is 12.8. The molecule has 0 atom stereocenters. The zero-order chi connectivity index (χ0) is 18.1. The number of benzene rings is 1. The highest BCUT2D eigenvalue weighted by Crippen LogP contribution is 2.30. The molecule has 1 aromatic carbocycles. The molecule has 0 aliphatic carbocycles. The number of carbonyl (C=O) groups is 1. The quantitative estimate of drug-likeness (QED) is 0.838. The van der Waals surface area contributed by atoms with Crippen molar-refractivity contribution in [1.29, 1.82) is 0 Å². The molecule has 0 spiro atoms. The van der Waals surface area contributed by atoms with E-state index < -0.39 is 20.5 Å². The van der Waals surface area contributed by atoms with Crippen LogP contribution in [0.1, 0.15) is 38.5 Å². The first-order valence-corrected chi connectivity index (χ1v) is 10.0. The van der Waals surface area contributed by atoms with Crippen LogP contribution in [0.2, 0.25) is 5.02 Å². The second-order valence-corrected chi connectivity index (χ2v) is 10.1. The molecule has 5 nitrogen and oxygen atoms in total. The summed E-state index contributed by atoms with van der Waals surface area (Å²) in [6.45, 7) is 6.80. The molecule has 0 aliphatic heterocycles. The van der Waals surface area contributed by atoms with E-state index in [1.165, 1.54) is 49.4 Å². The van der Waals surface area contributed by atoms with Gasteiger partial charge in [-0.2, -0.15) is 0 Å². The number of nitrogens with one attached hydrogen (secondary N) is 1. The minimum Gasteiger partial charge on any atom is -0.301 e. The second-order valence-electron chi connectivity index (χ2n) is 6.14. The van der Waals surface area contributed by atoms with Gasteiger partial charge in [0.25, 0.3) is 0 Å². The number of hydrogen-bond donors (Lipinski definition) is 1. The summed E-state index contributed by atoms with van der Waals surface area (Å²) in [5.74, 6) is -0.332. The Bertz CT molecular complexity index is 840. The molecule has 0 fully saturated rings. The second kappa shape index (κ2) is 6.82. The molecule has 2 rings (SSSR count). The number of thiazole rings is 1. The van der Waals surface area contributed by atoms with Gasteiger partial charge in [0.1, 0.15) is 4.75 Å². The minimum absolute atomic E-state index is 0.0501. The van der Waals surface area contributed by atoms with E-state index in [9.17, 15) is 13.2 Å². The fraction of sp³-hybridized carbons (Fsp3) is 0.375. The largest absolute Gasteiger partial charge is 0.301 e. The molecule has 1 amide bonds. The van der Waals surface area contributed by atoms with Crippen molar-refractivity contribution in [3.63, 3.8) is 0 Å². The van der Waals surface area contributed by atoms with Crippen LogP contribution in [0.25, 0.3) is 0 Å². The number of hydrogen-bond acceptors (Lipinski definition) is 5. The highest BCUT2D eigenvalue weighted by atomic mass is 35.5. The Balaban J connectivity index is 2.27. The third kappa shape index (κ3) is 3.63. The molecule has 130 valence electrons. The van der Waals surface area contributed by atoms with Gasteiger partial charge in [-0.3, -0.25) is 4.79 Å². The molecular formula is C16H19ClN2O3S2. The van der Waals surface area contributed by atoms with Crippen molar-refractivity contribution < 1.29 is 13.2 Å². The Kier molecular flexibility index (Phi) is 5.37. The molecule has 1 aromatic heterocycles. The first-order valence-electron chi connectivity index (χ1n) is 7.33. The first-order chi connectivity index (χ1) is 11.1. The Morgan fingerprint density at radius 1 is 1.25 bits per heavy atom. The van der Waals surface area contributed by atoms with E-state index in [2.05, 4.69) is 10.3 Å². The van der Waals surface area contributed by atoms with E-state index in [-0.39, 0.29) is 4.90 Å². The molecule has 24 heavy (non-hydrogen) atoms. The van der Waals surface area contributed by atoms with Gasteiger partial charge in [0.2, 0.25) is 5.91 Å². The van der Waals surface area contributed by atoms with Crippen LogP contribution >= 0.6 is 22.9 Å². The number of sulfone groups is 1. The molecule has 1 N–H and O–H groups in total. The molecule has 0 bridgehead atoms. The highest BCUT2D eigenvalue weighted by molar-refractivity contribution is 7.93. The van der Waals surface area contributed by atoms with Gasteiger partial charge in [0, 0.05) is 16.1 Å². The average molecular weight is 387 g/mol. The number of rotatable bonds is 5. The van der Waals surface area contributed by atoms with E-state index in [1.807, 2.05) is 13.8 Å². The predicted molar refractivity (Wildman–Crippen MR) is 97.5 cm³/mol. The SMILES string of the molecule is CC(C)c1cnc(NC(=O)C(C)(C)S(=O)(=O)c2ccc(Cl)cc2)s1. The molecule has 0 radical (unpaired) electrons. The van der Waals surface area contributed by atoms with Gasteiger partial charge in [-0.05, 0) is 44.0 Å². The summed E-state index contributed by atoms with van der Waals surface area (Å²) in [7, 11) is -3.88. The molecule has 0 saturated heterocycles. The molecule has 1 heterocycles. The first kappa shape index (κ1) is 18.9. The number of halogens is 1. The zero-order valence-electron chi connectivity index (χ0n) is 13.8. The lowest BCUT2D eigenvalue weighted by atomic mass is 10.2. The van der Waals surface area contributed by atoms with Gasteiger partial charge in [0.05, 0.1) is 4.90 Å². The van der Waals surface area contributed by atoms with Crippen LogP contribution < -0.4 is 5.32 Å². The topological polar surface area (TPSA) is 76.1 Å². The van der Waals surface area contributed by atoms with Gasteiger partial charge >= 0.3 is 0 Å². The maximum atomic E-state index is 12.8. The number of aromatic nitrogens is 1. The fourth-order valence-corrected chi connectivity index (χ4v) is 4.21. The van der Waals surface area contributed by atoms with Gasteiger partial charge in [-0.1, -0.05) is 25.4 Å². The van der Waals surface area contributed by atoms with Crippen molar-refractivity contribution in [3.05, 3.63) is 40.4 Å².